The second-order valence-corrected chi connectivity index (χ2v) is 10.7. The first-order valence-electron chi connectivity index (χ1n) is 12.2. The Hall–Kier alpha value is -2.37. The molecule has 1 saturated carbocycles. The third kappa shape index (κ3) is 4.04. The van der Waals surface area contributed by atoms with Gasteiger partial charge in [0.15, 0.2) is 0 Å². The Bertz CT molecular complexity index is 884. The zero-order valence-corrected chi connectivity index (χ0v) is 19.9. The zero-order valence-electron chi connectivity index (χ0n) is 19.9. The monoisotopic (exact) mass is 439 g/mol. The molecule has 3 aliphatic rings. The van der Waals surface area contributed by atoms with E-state index < -0.39 is 11.6 Å². The lowest BCUT2D eigenvalue weighted by Gasteiger charge is -2.42. The van der Waals surface area contributed by atoms with Gasteiger partial charge in [-0.1, -0.05) is 57.0 Å². The average molecular weight is 440 g/mol. The molecule has 174 valence electrons. The zero-order chi connectivity index (χ0) is 23.1. The number of hydrogen-bond donors (Lipinski definition) is 1. The van der Waals surface area contributed by atoms with Gasteiger partial charge in [0.2, 0.25) is 5.91 Å². The number of aryl methyl sites for hydroxylation is 1. The second-order valence-electron chi connectivity index (χ2n) is 10.7. The first kappa shape index (κ1) is 22.8. The SMILES string of the molecule is CCC(C)(C)C1CCC2(CC1)NC(=O)N(CC(=O)N1CCCC1c1ccc(C)cc1)C2=O. The fourth-order valence-corrected chi connectivity index (χ4v) is 5.77. The van der Waals surface area contributed by atoms with Crippen LogP contribution < -0.4 is 5.32 Å². The number of nitrogens with one attached hydrogen (secondary N) is 1. The number of benzene rings is 1. The summed E-state index contributed by atoms with van der Waals surface area (Å²) in [6.07, 6.45) is 6.12. The van der Waals surface area contributed by atoms with Crippen LogP contribution >= 0.6 is 0 Å². The van der Waals surface area contributed by atoms with Crippen molar-refractivity contribution >= 4 is 17.8 Å². The summed E-state index contributed by atoms with van der Waals surface area (Å²) >= 11 is 0. The maximum absolute atomic E-state index is 13.3. The minimum Gasteiger partial charge on any atom is -0.334 e. The summed E-state index contributed by atoms with van der Waals surface area (Å²) in [4.78, 5) is 42.3. The lowest BCUT2D eigenvalue weighted by molar-refractivity contribution is -0.140. The topological polar surface area (TPSA) is 69.7 Å². The molecule has 2 heterocycles. The molecule has 1 aliphatic carbocycles. The third-order valence-corrected chi connectivity index (χ3v) is 8.43. The van der Waals surface area contributed by atoms with Gasteiger partial charge in [-0.05, 0) is 62.3 Å². The molecule has 0 radical (unpaired) electrons. The second kappa shape index (κ2) is 8.53. The van der Waals surface area contributed by atoms with Crippen LogP contribution in [0.2, 0.25) is 0 Å². The Labute approximate surface area is 191 Å². The van der Waals surface area contributed by atoms with Crippen molar-refractivity contribution in [2.45, 2.75) is 84.2 Å². The molecular weight excluding hydrogens is 402 g/mol. The summed E-state index contributed by atoms with van der Waals surface area (Å²) < 4.78 is 0. The molecular formula is C26H37N3O3. The molecule has 1 unspecified atom stereocenters. The van der Waals surface area contributed by atoms with Crippen molar-refractivity contribution in [1.82, 2.24) is 15.1 Å². The molecule has 1 spiro atoms. The standard InChI is InChI=1S/C26H37N3O3/c1-5-25(3,4)20-12-14-26(15-13-20)23(31)29(24(32)27-26)17-22(30)28-16-6-7-21(28)19-10-8-18(2)9-11-19/h8-11,20-21H,5-7,12-17H2,1-4H3,(H,27,32). The Balaban J connectivity index is 1.42. The van der Waals surface area contributed by atoms with Crippen LogP contribution in [0.15, 0.2) is 24.3 Å². The maximum Gasteiger partial charge on any atom is 0.325 e. The van der Waals surface area contributed by atoms with E-state index in [-0.39, 0.29) is 29.8 Å². The van der Waals surface area contributed by atoms with E-state index in [0.29, 0.717) is 25.3 Å². The molecule has 1 atom stereocenters. The van der Waals surface area contributed by atoms with Crippen molar-refractivity contribution in [2.75, 3.05) is 13.1 Å². The number of carbonyl (C=O) groups is 3. The highest BCUT2D eigenvalue weighted by Crippen LogP contribution is 2.45. The number of imide groups is 1. The van der Waals surface area contributed by atoms with Crippen LogP contribution in [0.3, 0.4) is 0 Å². The maximum atomic E-state index is 13.3. The van der Waals surface area contributed by atoms with E-state index in [0.717, 1.165) is 42.6 Å². The number of carbonyl (C=O) groups excluding carboxylic acids is 3. The average Bonchev–Trinajstić information content (AvgIpc) is 3.34. The van der Waals surface area contributed by atoms with Crippen molar-refractivity contribution in [2.24, 2.45) is 11.3 Å². The highest BCUT2D eigenvalue weighted by molar-refractivity contribution is 6.09. The van der Waals surface area contributed by atoms with E-state index in [1.807, 2.05) is 11.8 Å². The van der Waals surface area contributed by atoms with E-state index in [1.54, 1.807) is 0 Å². The first-order chi connectivity index (χ1) is 15.2. The van der Waals surface area contributed by atoms with Gasteiger partial charge in [-0.25, -0.2) is 4.79 Å². The van der Waals surface area contributed by atoms with Gasteiger partial charge in [0.1, 0.15) is 12.1 Å². The molecule has 4 rings (SSSR count). The number of rotatable bonds is 5. The number of amides is 4. The van der Waals surface area contributed by atoms with Crippen molar-refractivity contribution in [3.63, 3.8) is 0 Å². The van der Waals surface area contributed by atoms with Gasteiger partial charge in [0.05, 0.1) is 6.04 Å². The summed E-state index contributed by atoms with van der Waals surface area (Å²) in [5, 5.41) is 2.97. The first-order valence-corrected chi connectivity index (χ1v) is 12.2. The summed E-state index contributed by atoms with van der Waals surface area (Å²) in [6.45, 7) is 9.33. The summed E-state index contributed by atoms with van der Waals surface area (Å²) in [5.41, 5.74) is 1.72. The van der Waals surface area contributed by atoms with Crippen LogP contribution in [0.5, 0.6) is 0 Å². The Morgan fingerprint density at radius 3 is 2.41 bits per heavy atom. The van der Waals surface area contributed by atoms with Gasteiger partial charge < -0.3 is 10.2 Å². The highest BCUT2D eigenvalue weighted by Gasteiger charge is 2.54. The highest BCUT2D eigenvalue weighted by atomic mass is 16.2. The van der Waals surface area contributed by atoms with Crippen LogP contribution in [0.25, 0.3) is 0 Å². The lowest BCUT2D eigenvalue weighted by Crippen LogP contribution is -2.51. The summed E-state index contributed by atoms with van der Waals surface area (Å²) in [6, 6.07) is 7.88. The molecule has 4 amide bonds. The van der Waals surface area contributed by atoms with Gasteiger partial charge in [0, 0.05) is 6.54 Å². The fraction of sp³-hybridized carbons (Fsp3) is 0.654. The van der Waals surface area contributed by atoms with Crippen molar-refractivity contribution in [3.8, 4) is 0 Å². The van der Waals surface area contributed by atoms with Gasteiger partial charge in [-0.15, -0.1) is 0 Å². The third-order valence-electron chi connectivity index (χ3n) is 8.43. The molecule has 1 aromatic carbocycles. The van der Waals surface area contributed by atoms with Crippen LogP contribution in [0.4, 0.5) is 4.79 Å². The quantitative estimate of drug-likeness (QED) is 0.683. The van der Waals surface area contributed by atoms with Crippen molar-refractivity contribution in [3.05, 3.63) is 35.4 Å². The van der Waals surface area contributed by atoms with E-state index in [4.69, 9.17) is 0 Å². The predicted molar refractivity (Wildman–Crippen MR) is 124 cm³/mol. The normalized spacial score (nSPS) is 28.5. The minimum atomic E-state index is -0.820. The van der Waals surface area contributed by atoms with Crippen molar-refractivity contribution in [1.29, 1.82) is 0 Å². The van der Waals surface area contributed by atoms with Crippen molar-refractivity contribution < 1.29 is 14.4 Å². The van der Waals surface area contributed by atoms with E-state index in [1.165, 1.54) is 5.56 Å². The molecule has 0 bridgehead atoms. The van der Waals surface area contributed by atoms with E-state index in [2.05, 4.69) is 50.4 Å². The molecule has 1 N–H and O–H groups in total. The largest absolute Gasteiger partial charge is 0.334 e. The van der Waals surface area contributed by atoms with Gasteiger partial charge in [-0.2, -0.15) is 0 Å². The van der Waals surface area contributed by atoms with E-state index >= 15 is 0 Å². The molecule has 6 heteroatoms. The Morgan fingerprint density at radius 1 is 1.12 bits per heavy atom. The molecule has 3 fully saturated rings. The van der Waals surface area contributed by atoms with Crippen LogP contribution in [-0.2, 0) is 9.59 Å². The summed E-state index contributed by atoms with van der Waals surface area (Å²) in [7, 11) is 0. The predicted octanol–water partition coefficient (Wildman–Crippen LogP) is 4.58. The minimum absolute atomic E-state index is 0.0181. The molecule has 1 aromatic rings. The molecule has 2 aliphatic heterocycles. The Morgan fingerprint density at radius 2 is 1.78 bits per heavy atom. The van der Waals surface area contributed by atoms with Gasteiger partial charge >= 0.3 is 6.03 Å². The number of nitrogens with zero attached hydrogens (tertiary/aromatic N) is 2. The number of likely N-dealkylation sites (tertiary alicyclic amines) is 1. The van der Waals surface area contributed by atoms with Gasteiger partial charge in [0.25, 0.3) is 5.91 Å². The smallest absolute Gasteiger partial charge is 0.325 e. The van der Waals surface area contributed by atoms with Gasteiger partial charge in [-0.3, -0.25) is 14.5 Å². The summed E-state index contributed by atoms with van der Waals surface area (Å²) in [5.74, 6) is 0.197. The van der Waals surface area contributed by atoms with Crippen LogP contribution in [0.1, 0.15) is 82.9 Å². The number of urea groups is 1. The molecule has 6 nitrogen and oxygen atoms in total. The number of hydrogen-bond acceptors (Lipinski definition) is 3. The fourth-order valence-electron chi connectivity index (χ4n) is 5.77. The van der Waals surface area contributed by atoms with Crippen LogP contribution in [-0.4, -0.2) is 46.3 Å². The molecule has 0 aromatic heterocycles. The molecule has 2 saturated heterocycles. The molecule has 32 heavy (non-hydrogen) atoms. The Kier molecular flexibility index (Phi) is 6.08. The van der Waals surface area contributed by atoms with E-state index in [9.17, 15) is 14.4 Å². The lowest BCUT2D eigenvalue weighted by atomic mass is 9.65. The van der Waals surface area contributed by atoms with Crippen LogP contribution in [0, 0.1) is 18.3 Å².